The minimum Gasteiger partial charge on any atom is -0.355 e. The summed E-state index contributed by atoms with van der Waals surface area (Å²) in [5, 5.41) is 4.20. The zero-order valence-electron chi connectivity index (χ0n) is 12.4. The molecule has 1 aromatic rings. The maximum atomic E-state index is 12.2. The average Bonchev–Trinajstić information content (AvgIpc) is 2.44. The Morgan fingerprint density at radius 2 is 1.90 bits per heavy atom. The van der Waals surface area contributed by atoms with E-state index >= 15 is 0 Å². The van der Waals surface area contributed by atoms with Crippen LogP contribution in [0, 0.1) is 5.41 Å². The molecule has 3 nitrogen and oxygen atoms in total. The fourth-order valence-electron chi connectivity index (χ4n) is 2.18. The molecule has 0 fully saturated rings. The molecule has 0 spiro atoms. The summed E-state index contributed by atoms with van der Waals surface area (Å²) in [6.45, 7) is 4.90. The van der Waals surface area contributed by atoms with Gasteiger partial charge in [0.2, 0.25) is 5.91 Å². The van der Waals surface area contributed by atoms with E-state index in [4.69, 9.17) is 28.9 Å². The second kappa shape index (κ2) is 9.52. The number of benzene rings is 1. The van der Waals surface area contributed by atoms with Crippen molar-refractivity contribution in [3.05, 3.63) is 33.8 Å². The molecule has 0 unspecified atom stereocenters. The number of hydrogen-bond donors (Lipinski definition) is 2. The van der Waals surface area contributed by atoms with Gasteiger partial charge in [-0.15, -0.1) is 12.4 Å². The molecule has 1 aromatic carbocycles. The third kappa shape index (κ3) is 5.33. The van der Waals surface area contributed by atoms with Crippen LogP contribution in [-0.2, 0) is 11.2 Å². The number of nitrogens with one attached hydrogen (secondary N) is 1. The van der Waals surface area contributed by atoms with Crippen LogP contribution in [0.3, 0.4) is 0 Å². The van der Waals surface area contributed by atoms with Crippen molar-refractivity contribution in [1.82, 2.24) is 5.32 Å². The molecule has 0 heterocycles. The van der Waals surface area contributed by atoms with Gasteiger partial charge >= 0.3 is 0 Å². The first-order valence-electron chi connectivity index (χ1n) is 6.91. The molecule has 6 heteroatoms. The summed E-state index contributed by atoms with van der Waals surface area (Å²) in [5.41, 5.74) is 6.28. The first kappa shape index (κ1) is 20.5. The van der Waals surface area contributed by atoms with Gasteiger partial charge in [0.1, 0.15) is 0 Å². The van der Waals surface area contributed by atoms with Crippen molar-refractivity contribution < 1.29 is 4.79 Å². The Balaban J connectivity index is 0.00000400. The van der Waals surface area contributed by atoms with E-state index in [1.54, 1.807) is 12.1 Å². The fraction of sp³-hybridized carbons (Fsp3) is 0.533. The third-order valence-electron chi connectivity index (χ3n) is 3.92. The van der Waals surface area contributed by atoms with E-state index in [9.17, 15) is 4.79 Å². The van der Waals surface area contributed by atoms with Gasteiger partial charge in [-0.1, -0.05) is 43.1 Å². The Bertz CT molecular complexity index is 454. The normalized spacial score (nSPS) is 10.9. The van der Waals surface area contributed by atoms with Crippen molar-refractivity contribution in [3.63, 3.8) is 0 Å². The number of carbonyl (C=O) groups is 1. The van der Waals surface area contributed by atoms with Gasteiger partial charge in [0.25, 0.3) is 0 Å². The molecule has 0 saturated heterocycles. The number of halogens is 3. The van der Waals surface area contributed by atoms with Gasteiger partial charge in [0.15, 0.2) is 0 Å². The second-order valence-electron chi connectivity index (χ2n) is 4.93. The standard InChI is InChI=1S/C15H22Cl2N2O.ClH/c1-3-15(4-2,10-18)14(20)19-8-7-11-5-6-12(16)9-13(11)17;/h5-6,9H,3-4,7-8,10,18H2,1-2H3,(H,19,20);1H. The van der Waals surface area contributed by atoms with Gasteiger partial charge in [0, 0.05) is 23.1 Å². The van der Waals surface area contributed by atoms with E-state index in [0.717, 1.165) is 18.4 Å². The number of carbonyl (C=O) groups excluding carboxylic acids is 1. The Hall–Kier alpha value is -0.480. The highest BCUT2D eigenvalue weighted by Gasteiger charge is 2.32. The van der Waals surface area contributed by atoms with E-state index in [-0.39, 0.29) is 18.3 Å². The Labute approximate surface area is 143 Å². The predicted octanol–water partition coefficient (Wildman–Crippen LogP) is 3.84. The first-order chi connectivity index (χ1) is 9.49. The average molecular weight is 354 g/mol. The van der Waals surface area contributed by atoms with Crippen LogP contribution in [-0.4, -0.2) is 19.0 Å². The molecule has 21 heavy (non-hydrogen) atoms. The predicted molar refractivity (Wildman–Crippen MR) is 92.5 cm³/mol. The number of amides is 1. The van der Waals surface area contributed by atoms with Gasteiger partial charge < -0.3 is 11.1 Å². The summed E-state index contributed by atoms with van der Waals surface area (Å²) in [6.07, 6.45) is 2.16. The molecule has 1 amide bonds. The number of hydrogen-bond acceptors (Lipinski definition) is 2. The van der Waals surface area contributed by atoms with Crippen LogP contribution in [0.25, 0.3) is 0 Å². The third-order valence-corrected chi connectivity index (χ3v) is 4.51. The summed E-state index contributed by atoms with van der Waals surface area (Å²) in [7, 11) is 0. The fourth-order valence-corrected chi connectivity index (χ4v) is 2.68. The number of nitrogens with two attached hydrogens (primary N) is 1. The van der Waals surface area contributed by atoms with Crippen LogP contribution in [0.5, 0.6) is 0 Å². The van der Waals surface area contributed by atoms with Crippen molar-refractivity contribution in [3.8, 4) is 0 Å². The lowest BCUT2D eigenvalue weighted by Gasteiger charge is -2.28. The quantitative estimate of drug-likeness (QED) is 0.782. The van der Waals surface area contributed by atoms with E-state index in [2.05, 4.69) is 5.32 Å². The van der Waals surface area contributed by atoms with Gasteiger partial charge in [-0.25, -0.2) is 0 Å². The summed E-state index contributed by atoms with van der Waals surface area (Å²) in [5.74, 6) is 0.0232. The lowest BCUT2D eigenvalue weighted by Crippen LogP contribution is -2.45. The van der Waals surface area contributed by atoms with Crippen LogP contribution in [0.2, 0.25) is 10.0 Å². The summed E-state index contributed by atoms with van der Waals surface area (Å²) in [4.78, 5) is 12.2. The molecule has 0 aliphatic heterocycles. The molecule has 0 saturated carbocycles. The second-order valence-corrected chi connectivity index (χ2v) is 5.78. The van der Waals surface area contributed by atoms with E-state index < -0.39 is 5.41 Å². The molecular formula is C15H23Cl3N2O. The lowest BCUT2D eigenvalue weighted by molar-refractivity contribution is -0.131. The molecule has 120 valence electrons. The Morgan fingerprint density at radius 3 is 2.38 bits per heavy atom. The molecule has 0 atom stereocenters. The summed E-state index contributed by atoms with van der Waals surface area (Å²) < 4.78 is 0. The highest BCUT2D eigenvalue weighted by Crippen LogP contribution is 2.25. The Morgan fingerprint density at radius 1 is 1.29 bits per heavy atom. The smallest absolute Gasteiger partial charge is 0.227 e. The topological polar surface area (TPSA) is 55.1 Å². The molecule has 0 bridgehead atoms. The van der Waals surface area contributed by atoms with E-state index in [1.807, 2.05) is 19.9 Å². The largest absolute Gasteiger partial charge is 0.355 e. The van der Waals surface area contributed by atoms with Crippen LogP contribution >= 0.6 is 35.6 Å². The zero-order chi connectivity index (χ0) is 15.2. The highest BCUT2D eigenvalue weighted by atomic mass is 35.5. The van der Waals surface area contributed by atoms with E-state index in [0.29, 0.717) is 29.6 Å². The maximum absolute atomic E-state index is 12.2. The molecule has 1 rings (SSSR count). The molecule has 3 N–H and O–H groups in total. The van der Waals surface area contributed by atoms with Crippen LogP contribution in [0.15, 0.2) is 18.2 Å². The zero-order valence-corrected chi connectivity index (χ0v) is 14.7. The van der Waals surface area contributed by atoms with Crippen molar-refractivity contribution in [2.75, 3.05) is 13.1 Å². The molecule has 0 aliphatic rings. The number of rotatable bonds is 7. The van der Waals surface area contributed by atoms with Gasteiger partial charge in [-0.2, -0.15) is 0 Å². The Kier molecular flexibility index (Phi) is 9.30. The highest BCUT2D eigenvalue weighted by molar-refractivity contribution is 6.35. The maximum Gasteiger partial charge on any atom is 0.227 e. The lowest BCUT2D eigenvalue weighted by atomic mass is 9.81. The van der Waals surface area contributed by atoms with Crippen molar-refractivity contribution in [2.24, 2.45) is 11.1 Å². The summed E-state index contributed by atoms with van der Waals surface area (Å²) >= 11 is 11.9. The van der Waals surface area contributed by atoms with Crippen LogP contribution < -0.4 is 11.1 Å². The van der Waals surface area contributed by atoms with Crippen molar-refractivity contribution >= 4 is 41.5 Å². The molecular weight excluding hydrogens is 331 g/mol. The van der Waals surface area contributed by atoms with Crippen LogP contribution in [0.1, 0.15) is 32.3 Å². The minimum absolute atomic E-state index is 0. The van der Waals surface area contributed by atoms with Gasteiger partial charge in [-0.3, -0.25) is 4.79 Å². The minimum atomic E-state index is -0.455. The van der Waals surface area contributed by atoms with Gasteiger partial charge in [0.05, 0.1) is 5.41 Å². The molecule has 0 radical (unpaired) electrons. The first-order valence-corrected chi connectivity index (χ1v) is 7.67. The van der Waals surface area contributed by atoms with Crippen molar-refractivity contribution in [2.45, 2.75) is 33.1 Å². The summed E-state index contributed by atoms with van der Waals surface area (Å²) in [6, 6.07) is 5.39. The monoisotopic (exact) mass is 352 g/mol. The van der Waals surface area contributed by atoms with Gasteiger partial charge in [-0.05, 0) is 37.0 Å². The molecule has 0 aliphatic carbocycles. The SMILES string of the molecule is CCC(CC)(CN)C(=O)NCCc1ccc(Cl)cc1Cl.Cl. The van der Waals surface area contributed by atoms with Crippen LogP contribution in [0.4, 0.5) is 0 Å². The molecule has 0 aromatic heterocycles. The van der Waals surface area contributed by atoms with Crippen molar-refractivity contribution in [1.29, 1.82) is 0 Å². The van der Waals surface area contributed by atoms with E-state index in [1.165, 1.54) is 0 Å².